The van der Waals surface area contributed by atoms with Gasteiger partial charge in [-0.1, -0.05) is 66.7 Å². The fraction of sp³-hybridized carbons (Fsp3) is 0.179. The van der Waals surface area contributed by atoms with Gasteiger partial charge >= 0.3 is 0 Å². The van der Waals surface area contributed by atoms with Gasteiger partial charge in [0.2, 0.25) is 0 Å². The van der Waals surface area contributed by atoms with Gasteiger partial charge in [-0.05, 0) is 42.7 Å². The number of para-hydroxylation sites is 1. The van der Waals surface area contributed by atoms with Gasteiger partial charge in [-0.15, -0.1) is 0 Å². The van der Waals surface area contributed by atoms with Gasteiger partial charge < -0.3 is 10.2 Å². The molecule has 1 unspecified atom stereocenters. The van der Waals surface area contributed by atoms with Crippen molar-refractivity contribution in [3.8, 4) is 0 Å². The molecule has 166 valence electrons. The van der Waals surface area contributed by atoms with E-state index in [-0.39, 0.29) is 17.9 Å². The number of hydrogen-bond donors (Lipinski definition) is 1. The molecule has 1 atom stereocenters. The molecule has 3 aromatic carbocycles. The lowest BCUT2D eigenvalue weighted by molar-refractivity contribution is 0.0723. The fourth-order valence-corrected chi connectivity index (χ4v) is 4.01. The monoisotopic (exact) mass is 437 g/mol. The van der Waals surface area contributed by atoms with Crippen LogP contribution in [0.15, 0.2) is 97.2 Å². The number of carbonyl (C=O) groups is 2. The Labute approximate surface area is 194 Å². The molecule has 0 aliphatic heterocycles. The first-order valence-electron chi connectivity index (χ1n) is 11.1. The maximum atomic E-state index is 13.1. The highest BCUT2D eigenvalue weighted by Crippen LogP contribution is 2.17. The third-order valence-corrected chi connectivity index (χ3v) is 5.86. The van der Waals surface area contributed by atoms with Crippen molar-refractivity contribution in [1.29, 1.82) is 0 Å². The molecule has 5 heteroatoms. The SMILES string of the molecule is CN(C(=O)c1ccccc1)C(CCNC(=O)c1ccnc2ccccc12)Cc1ccccc1. The zero-order valence-electron chi connectivity index (χ0n) is 18.6. The van der Waals surface area contributed by atoms with E-state index >= 15 is 0 Å². The van der Waals surface area contributed by atoms with Crippen LogP contribution in [0.25, 0.3) is 10.9 Å². The van der Waals surface area contributed by atoms with E-state index in [1.165, 1.54) is 0 Å². The van der Waals surface area contributed by atoms with Crippen molar-refractivity contribution < 1.29 is 9.59 Å². The maximum Gasteiger partial charge on any atom is 0.253 e. The second-order valence-corrected chi connectivity index (χ2v) is 8.05. The second-order valence-electron chi connectivity index (χ2n) is 8.05. The minimum absolute atomic E-state index is 0.0250. The van der Waals surface area contributed by atoms with Crippen molar-refractivity contribution in [2.45, 2.75) is 18.9 Å². The molecule has 0 aliphatic rings. The number of likely N-dealkylation sites (N-methyl/N-ethyl adjacent to an activating group) is 1. The van der Waals surface area contributed by atoms with E-state index in [0.717, 1.165) is 16.5 Å². The summed E-state index contributed by atoms with van der Waals surface area (Å²) in [7, 11) is 1.83. The van der Waals surface area contributed by atoms with Crippen molar-refractivity contribution in [1.82, 2.24) is 15.2 Å². The molecule has 33 heavy (non-hydrogen) atoms. The molecule has 1 aromatic heterocycles. The molecule has 4 aromatic rings. The molecule has 5 nitrogen and oxygen atoms in total. The normalized spacial score (nSPS) is 11.7. The van der Waals surface area contributed by atoms with Crippen LogP contribution in [0.5, 0.6) is 0 Å². The van der Waals surface area contributed by atoms with Gasteiger partial charge in [0.05, 0.1) is 11.1 Å². The number of fused-ring (bicyclic) bond motifs is 1. The second kappa shape index (κ2) is 10.6. The van der Waals surface area contributed by atoms with E-state index in [2.05, 4.69) is 22.4 Å². The number of aromatic nitrogens is 1. The zero-order chi connectivity index (χ0) is 23.0. The average Bonchev–Trinajstić information content (AvgIpc) is 2.88. The Kier molecular flexibility index (Phi) is 7.10. The molecule has 0 radical (unpaired) electrons. The van der Waals surface area contributed by atoms with Gasteiger partial charge in [-0.3, -0.25) is 14.6 Å². The lowest BCUT2D eigenvalue weighted by Crippen LogP contribution is -2.41. The van der Waals surface area contributed by atoms with Crippen LogP contribution in [-0.2, 0) is 6.42 Å². The number of rotatable bonds is 8. The largest absolute Gasteiger partial charge is 0.352 e. The lowest BCUT2D eigenvalue weighted by Gasteiger charge is -2.29. The van der Waals surface area contributed by atoms with Crippen molar-refractivity contribution in [2.75, 3.05) is 13.6 Å². The van der Waals surface area contributed by atoms with Crippen LogP contribution in [-0.4, -0.2) is 41.3 Å². The first kappa shape index (κ1) is 22.2. The van der Waals surface area contributed by atoms with E-state index in [9.17, 15) is 9.59 Å². The summed E-state index contributed by atoms with van der Waals surface area (Å²) >= 11 is 0. The van der Waals surface area contributed by atoms with Gasteiger partial charge in [0, 0.05) is 36.8 Å². The lowest BCUT2D eigenvalue weighted by atomic mass is 10.0. The quantitative estimate of drug-likeness (QED) is 0.433. The molecule has 0 saturated heterocycles. The van der Waals surface area contributed by atoms with Gasteiger partial charge in [0.1, 0.15) is 0 Å². The topological polar surface area (TPSA) is 62.3 Å². The molecule has 0 bridgehead atoms. The molecule has 1 N–H and O–H groups in total. The number of carbonyl (C=O) groups excluding carboxylic acids is 2. The summed E-state index contributed by atoms with van der Waals surface area (Å²) in [5, 5.41) is 3.86. The minimum Gasteiger partial charge on any atom is -0.352 e. The molecular weight excluding hydrogens is 410 g/mol. The summed E-state index contributed by atoms with van der Waals surface area (Å²) in [6, 6.07) is 28.7. The van der Waals surface area contributed by atoms with Crippen LogP contribution in [0, 0.1) is 0 Å². The van der Waals surface area contributed by atoms with E-state index in [1.54, 1.807) is 17.2 Å². The minimum atomic E-state index is -0.135. The number of pyridine rings is 1. The molecule has 1 heterocycles. The Morgan fingerprint density at radius 3 is 2.30 bits per heavy atom. The number of nitrogens with zero attached hydrogens (tertiary/aromatic N) is 2. The molecule has 0 saturated carbocycles. The van der Waals surface area contributed by atoms with Crippen LogP contribution in [0.3, 0.4) is 0 Å². The molecular formula is C28H27N3O2. The highest BCUT2D eigenvalue weighted by molar-refractivity contribution is 6.05. The molecule has 0 fully saturated rings. The smallest absolute Gasteiger partial charge is 0.253 e. The maximum absolute atomic E-state index is 13.1. The summed E-state index contributed by atoms with van der Waals surface area (Å²) in [4.78, 5) is 32.1. The van der Waals surface area contributed by atoms with E-state index in [1.807, 2.05) is 79.8 Å². The van der Waals surface area contributed by atoms with Crippen LogP contribution in [0.2, 0.25) is 0 Å². The van der Waals surface area contributed by atoms with E-state index < -0.39 is 0 Å². The van der Waals surface area contributed by atoms with E-state index in [0.29, 0.717) is 30.5 Å². The Morgan fingerprint density at radius 2 is 1.55 bits per heavy atom. The summed E-state index contributed by atoms with van der Waals surface area (Å²) in [6.07, 6.45) is 3.00. The highest BCUT2D eigenvalue weighted by Gasteiger charge is 2.22. The molecule has 0 aliphatic carbocycles. The standard InChI is InChI=1S/C28H27N3O2/c1-31(28(33)22-12-6-3-7-13-22)23(20-21-10-4-2-5-11-21)16-18-30-27(32)25-17-19-29-26-15-9-8-14-24(25)26/h2-15,17,19,23H,16,18,20H2,1H3,(H,30,32). The van der Waals surface area contributed by atoms with Crippen LogP contribution >= 0.6 is 0 Å². The third kappa shape index (κ3) is 5.44. The van der Waals surface area contributed by atoms with Crippen molar-refractivity contribution in [2.24, 2.45) is 0 Å². The van der Waals surface area contributed by atoms with Crippen molar-refractivity contribution in [3.63, 3.8) is 0 Å². The fourth-order valence-electron chi connectivity index (χ4n) is 4.01. The van der Waals surface area contributed by atoms with Gasteiger partial charge in [-0.25, -0.2) is 0 Å². The Bertz CT molecular complexity index is 1220. The first-order valence-corrected chi connectivity index (χ1v) is 11.1. The number of nitrogens with one attached hydrogen (secondary N) is 1. The molecule has 2 amide bonds. The molecule has 4 rings (SSSR count). The van der Waals surface area contributed by atoms with Crippen molar-refractivity contribution in [3.05, 3.63) is 114 Å². The van der Waals surface area contributed by atoms with Crippen LogP contribution in [0.1, 0.15) is 32.7 Å². The van der Waals surface area contributed by atoms with Crippen LogP contribution < -0.4 is 5.32 Å². The van der Waals surface area contributed by atoms with Gasteiger partial charge in [-0.2, -0.15) is 0 Å². The predicted molar refractivity (Wildman–Crippen MR) is 131 cm³/mol. The first-order chi connectivity index (χ1) is 16.1. The zero-order valence-corrected chi connectivity index (χ0v) is 18.6. The summed E-state index contributed by atoms with van der Waals surface area (Å²) < 4.78 is 0. The highest BCUT2D eigenvalue weighted by atomic mass is 16.2. The van der Waals surface area contributed by atoms with Gasteiger partial charge in [0.15, 0.2) is 0 Å². The summed E-state index contributed by atoms with van der Waals surface area (Å²) in [5.41, 5.74) is 3.21. The Hall–Kier alpha value is -3.99. The predicted octanol–water partition coefficient (Wildman–Crippen LogP) is 4.74. The summed E-state index contributed by atoms with van der Waals surface area (Å²) in [6.45, 7) is 0.458. The summed E-state index contributed by atoms with van der Waals surface area (Å²) in [5.74, 6) is -0.160. The number of hydrogen-bond acceptors (Lipinski definition) is 3. The van der Waals surface area contributed by atoms with E-state index in [4.69, 9.17) is 0 Å². The Morgan fingerprint density at radius 1 is 0.879 bits per heavy atom. The third-order valence-electron chi connectivity index (χ3n) is 5.86. The number of amides is 2. The molecule has 0 spiro atoms. The number of benzene rings is 3. The average molecular weight is 438 g/mol. The Balaban J connectivity index is 1.46. The van der Waals surface area contributed by atoms with Crippen molar-refractivity contribution >= 4 is 22.7 Å². The van der Waals surface area contributed by atoms with Gasteiger partial charge in [0.25, 0.3) is 11.8 Å². The van der Waals surface area contributed by atoms with Crippen LogP contribution in [0.4, 0.5) is 0 Å².